The topological polar surface area (TPSA) is 107 Å². The first-order chi connectivity index (χ1) is 12.5. The van der Waals surface area contributed by atoms with Crippen LogP contribution in [0, 0.1) is 23.2 Å². The number of primary amides is 1. The van der Waals surface area contributed by atoms with Gasteiger partial charge in [0.25, 0.3) is 5.91 Å². The second kappa shape index (κ2) is 5.81. The molecule has 1 amide bonds. The number of fused-ring (bicyclic) bond motifs is 1. The first-order valence-electron chi connectivity index (χ1n) is 9.68. The Hall–Kier alpha value is -1.89. The predicted molar refractivity (Wildman–Crippen MR) is 92.4 cm³/mol. The first kappa shape index (κ1) is 16.3. The summed E-state index contributed by atoms with van der Waals surface area (Å²) in [4.78, 5) is 31.2. The summed E-state index contributed by atoms with van der Waals surface area (Å²) in [6.07, 6.45) is 6.70. The molecule has 5 aliphatic rings. The van der Waals surface area contributed by atoms with Gasteiger partial charge in [0.2, 0.25) is 5.88 Å². The largest absolute Gasteiger partial charge is 0.463 e. The molecule has 1 aromatic heterocycles. The number of hydrogen-bond acceptors (Lipinski definition) is 5. The third kappa shape index (κ3) is 2.55. The summed E-state index contributed by atoms with van der Waals surface area (Å²) in [5.41, 5.74) is 6.69. The molecule has 0 radical (unpaired) electrons. The zero-order chi connectivity index (χ0) is 17.9. The van der Waals surface area contributed by atoms with E-state index in [2.05, 4.69) is 9.97 Å². The van der Waals surface area contributed by atoms with E-state index in [4.69, 9.17) is 15.2 Å². The Morgan fingerprint density at radius 3 is 2.50 bits per heavy atom. The fourth-order valence-electron chi connectivity index (χ4n) is 6.42. The van der Waals surface area contributed by atoms with Crippen LogP contribution in [0.15, 0.2) is 4.79 Å². The van der Waals surface area contributed by atoms with Crippen LogP contribution in [0.1, 0.15) is 49.8 Å². The van der Waals surface area contributed by atoms with E-state index in [1.54, 1.807) is 0 Å². The molecule has 4 saturated carbocycles. The van der Waals surface area contributed by atoms with Gasteiger partial charge in [-0.05, 0) is 56.3 Å². The van der Waals surface area contributed by atoms with Gasteiger partial charge in [0.1, 0.15) is 0 Å². The van der Waals surface area contributed by atoms with Crippen molar-refractivity contribution in [3.63, 3.8) is 0 Å². The third-order valence-corrected chi connectivity index (χ3v) is 6.96. The van der Waals surface area contributed by atoms with E-state index in [-0.39, 0.29) is 11.3 Å². The van der Waals surface area contributed by atoms with Crippen molar-refractivity contribution < 1.29 is 14.3 Å². The molecule has 7 heteroatoms. The van der Waals surface area contributed by atoms with Crippen LogP contribution in [0.25, 0.3) is 0 Å². The van der Waals surface area contributed by atoms with Gasteiger partial charge in [-0.2, -0.15) is 4.98 Å². The number of carbonyl (C=O) groups is 1. The standard InChI is InChI=1S/C19H25N3O4/c20-16(23)15(19-6-10-3-11(7-19)5-12(4-10)8-19)26-17-13-9-25-2-1-14(13)21-18(24)22-17/h10-12,15H,1-9H2,(H2,20,23)(H,21,22,24). The molecule has 26 heavy (non-hydrogen) atoms. The number of nitrogens with zero attached hydrogens (tertiary/aromatic N) is 1. The fraction of sp³-hybridized carbons (Fsp3) is 0.737. The molecular formula is C19H25N3O4. The van der Waals surface area contributed by atoms with Crippen molar-refractivity contribution in [1.29, 1.82) is 0 Å². The number of nitrogens with one attached hydrogen (secondary N) is 1. The van der Waals surface area contributed by atoms with Gasteiger partial charge in [0.15, 0.2) is 6.10 Å². The van der Waals surface area contributed by atoms with Crippen LogP contribution in [0.4, 0.5) is 0 Å². The smallest absolute Gasteiger partial charge is 0.348 e. The third-order valence-electron chi connectivity index (χ3n) is 6.96. The molecule has 3 N–H and O–H groups in total. The van der Waals surface area contributed by atoms with E-state index in [1.165, 1.54) is 19.3 Å². The summed E-state index contributed by atoms with van der Waals surface area (Å²) in [6, 6.07) is 0. The maximum Gasteiger partial charge on any atom is 0.348 e. The minimum atomic E-state index is -0.726. The highest BCUT2D eigenvalue weighted by Crippen LogP contribution is 2.61. The summed E-state index contributed by atoms with van der Waals surface area (Å²) in [5.74, 6) is 1.81. The van der Waals surface area contributed by atoms with Crippen molar-refractivity contribution in [1.82, 2.24) is 9.97 Å². The Bertz CT molecular complexity index is 767. The highest BCUT2D eigenvalue weighted by Gasteiger charge is 2.57. The van der Waals surface area contributed by atoms with Crippen molar-refractivity contribution in [3.05, 3.63) is 21.7 Å². The van der Waals surface area contributed by atoms with Crippen molar-refractivity contribution in [2.45, 2.75) is 57.7 Å². The minimum Gasteiger partial charge on any atom is -0.463 e. The molecule has 4 fully saturated rings. The van der Waals surface area contributed by atoms with Crippen molar-refractivity contribution in [2.75, 3.05) is 6.61 Å². The molecule has 1 aromatic rings. The summed E-state index contributed by atoms with van der Waals surface area (Å²) in [7, 11) is 0. The van der Waals surface area contributed by atoms with Crippen LogP contribution in [-0.2, 0) is 22.6 Å². The minimum absolute atomic E-state index is 0.201. The molecular weight excluding hydrogens is 334 g/mol. The second-order valence-electron chi connectivity index (χ2n) is 8.79. The summed E-state index contributed by atoms with van der Waals surface area (Å²) in [6.45, 7) is 0.890. The molecule has 1 atom stereocenters. The molecule has 0 saturated heterocycles. The van der Waals surface area contributed by atoms with Crippen LogP contribution in [-0.4, -0.2) is 28.6 Å². The van der Waals surface area contributed by atoms with Crippen LogP contribution in [0.5, 0.6) is 5.88 Å². The van der Waals surface area contributed by atoms with Gasteiger partial charge < -0.3 is 20.2 Å². The number of aromatic amines is 1. The molecule has 1 unspecified atom stereocenters. The van der Waals surface area contributed by atoms with Crippen LogP contribution < -0.4 is 16.2 Å². The highest BCUT2D eigenvalue weighted by molar-refractivity contribution is 5.80. The van der Waals surface area contributed by atoms with E-state index in [1.807, 2.05) is 0 Å². The molecule has 140 valence electrons. The van der Waals surface area contributed by atoms with Gasteiger partial charge in [-0.1, -0.05) is 0 Å². The lowest BCUT2D eigenvalue weighted by Gasteiger charge is -2.58. The van der Waals surface area contributed by atoms with E-state index in [0.29, 0.717) is 37.4 Å². The van der Waals surface area contributed by atoms with Gasteiger partial charge in [0.05, 0.1) is 18.8 Å². The van der Waals surface area contributed by atoms with Crippen molar-refractivity contribution in [2.24, 2.45) is 28.9 Å². The summed E-state index contributed by atoms with van der Waals surface area (Å²) in [5, 5.41) is 0. The van der Waals surface area contributed by atoms with Crippen LogP contribution in [0.2, 0.25) is 0 Å². The number of nitrogens with two attached hydrogens (primary N) is 1. The van der Waals surface area contributed by atoms with Gasteiger partial charge in [-0.15, -0.1) is 0 Å². The lowest BCUT2D eigenvalue weighted by molar-refractivity contribution is -0.148. The Morgan fingerprint density at radius 2 is 1.88 bits per heavy atom. The molecule has 1 aliphatic heterocycles. The van der Waals surface area contributed by atoms with E-state index < -0.39 is 17.7 Å². The number of ether oxygens (including phenoxy) is 2. The van der Waals surface area contributed by atoms with Crippen molar-refractivity contribution in [3.8, 4) is 5.88 Å². The predicted octanol–water partition coefficient (Wildman–Crippen LogP) is 1.29. The molecule has 0 aromatic carbocycles. The van der Waals surface area contributed by atoms with Gasteiger partial charge >= 0.3 is 5.69 Å². The Labute approximate surface area is 151 Å². The molecule has 4 bridgehead atoms. The SMILES string of the molecule is NC(=O)C(Oc1nc(=O)[nH]c2c1COCC2)C12CC3CC(CC(C3)C1)C2. The fourth-order valence-corrected chi connectivity index (χ4v) is 6.42. The highest BCUT2D eigenvalue weighted by atomic mass is 16.5. The molecule has 7 nitrogen and oxygen atoms in total. The summed E-state index contributed by atoms with van der Waals surface area (Å²) < 4.78 is 11.7. The molecule has 2 heterocycles. The van der Waals surface area contributed by atoms with Gasteiger partial charge in [0, 0.05) is 17.5 Å². The number of hydrogen-bond donors (Lipinski definition) is 2. The number of rotatable bonds is 4. The zero-order valence-electron chi connectivity index (χ0n) is 14.8. The second-order valence-corrected chi connectivity index (χ2v) is 8.79. The quantitative estimate of drug-likeness (QED) is 0.842. The normalized spacial score (nSPS) is 35.8. The Morgan fingerprint density at radius 1 is 1.23 bits per heavy atom. The molecule has 6 rings (SSSR count). The first-order valence-corrected chi connectivity index (χ1v) is 9.68. The van der Waals surface area contributed by atoms with Crippen LogP contribution >= 0.6 is 0 Å². The van der Waals surface area contributed by atoms with Crippen LogP contribution in [0.3, 0.4) is 0 Å². The van der Waals surface area contributed by atoms with E-state index in [0.717, 1.165) is 30.5 Å². The maximum absolute atomic E-state index is 12.4. The van der Waals surface area contributed by atoms with E-state index >= 15 is 0 Å². The molecule has 0 spiro atoms. The number of carbonyl (C=O) groups excluding carboxylic acids is 1. The molecule has 4 aliphatic carbocycles. The van der Waals surface area contributed by atoms with E-state index in [9.17, 15) is 9.59 Å². The lowest BCUT2D eigenvalue weighted by Crippen LogP contribution is -2.57. The number of aromatic nitrogens is 2. The number of amides is 1. The summed E-state index contributed by atoms with van der Waals surface area (Å²) >= 11 is 0. The average molecular weight is 359 g/mol. The Balaban J connectivity index is 1.51. The maximum atomic E-state index is 12.4. The monoisotopic (exact) mass is 359 g/mol. The number of H-pyrrole nitrogens is 1. The lowest BCUT2D eigenvalue weighted by atomic mass is 9.48. The van der Waals surface area contributed by atoms with Gasteiger partial charge in [-0.25, -0.2) is 4.79 Å². The average Bonchev–Trinajstić information content (AvgIpc) is 2.57. The van der Waals surface area contributed by atoms with Crippen molar-refractivity contribution >= 4 is 5.91 Å². The zero-order valence-corrected chi connectivity index (χ0v) is 14.8. The van der Waals surface area contributed by atoms with Gasteiger partial charge in [-0.3, -0.25) is 4.79 Å². The Kier molecular flexibility index (Phi) is 3.64.